The number of nitrogens with zero attached hydrogens (tertiary/aromatic N) is 3. The van der Waals surface area contributed by atoms with E-state index in [4.69, 9.17) is 0 Å². The van der Waals surface area contributed by atoms with E-state index in [1.54, 1.807) is 0 Å². The van der Waals surface area contributed by atoms with E-state index in [2.05, 4.69) is 4.90 Å². The van der Waals surface area contributed by atoms with Crippen molar-refractivity contribution in [1.29, 1.82) is 0 Å². The molecule has 0 atom stereocenters. The zero-order valence-corrected chi connectivity index (χ0v) is 13.8. The quantitative estimate of drug-likeness (QED) is 0.754. The van der Waals surface area contributed by atoms with E-state index in [1.165, 1.54) is 23.4 Å². The first kappa shape index (κ1) is 16.7. The van der Waals surface area contributed by atoms with Crippen LogP contribution in [0, 0.1) is 0 Å². The molecular weight excluding hydrogens is 290 g/mol. The maximum absolute atomic E-state index is 12.4. The van der Waals surface area contributed by atoms with E-state index >= 15 is 0 Å². The summed E-state index contributed by atoms with van der Waals surface area (Å²) >= 11 is 0. The smallest absolute Gasteiger partial charge is 0.236 e. The lowest BCUT2D eigenvalue weighted by molar-refractivity contribution is -0.132. The summed E-state index contributed by atoms with van der Waals surface area (Å²) in [7, 11) is -3.12. The van der Waals surface area contributed by atoms with E-state index in [1.807, 2.05) is 4.90 Å². The van der Waals surface area contributed by atoms with E-state index in [0.717, 1.165) is 38.9 Å². The van der Waals surface area contributed by atoms with Crippen LogP contribution in [0.5, 0.6) is 0 Å². The average molecular weight is 317 g/mol. The van der Waals surface area contributed by atoms with Gasteiger partial charge in [0.15, 0.2) is 0 Å². The number of sulfonamides is 1. The molecule has 21 heavy (non-hydrogen) atoms. The highest BCUT2D eigenvalue weighted by Crippen LogP contribution is 2.11. The van der Waals surface area contributed by atoms with Crippen molar-refractivity contribution < 1.29 is 13.2 Å². The summed E-state index contributed by atoms with van der Waals surface area (Å²) in [4.78, 5) is 16.4. The lowest BCUT2D eigenvalue weighted by Gasteiger charge is -2.25. The third-order valence-corrected chi connectivity index (χ3v) is 5.64. The SMILES string of the molecule is CS(=O)(=O)N1CCCN(CC(=O)N2CCCCCC2)CC1. The first-order valence-electron chi connectivity index (χ1n) is 7.92. The van der Waals surface area contributed by atoms with Gasteiger partial charge in [-0.05, 0) is 25.8 Å². The second-order valence-electron chi connectivity index (χ2n) is 6.09. The molecule has 2 aliphatic heterocycles. The number of amides is 1. The predicted molar refractivity (Wildman–Crippen MR) is 82.5 cm³/mol. The van der Waals surface area contributed by atoms with Gasteiger partial charge < -0.3 is 4.90 Å². The molecule has 122 valence electrons. The Bertz CT molecular complexity index is 444. The number of carbonyl (C=O) groups is 1. The molecule has 2 fully saturated rings. The lowest BCUT2D eigenvalue weighted by atomic mass is 10.2. The van der Waals surface area contributed by atoms with Crippen molar-refractivity contribution in [2.24, 2.45) is 0 Å². The molecule has 0 aromatic carbocycles. The molecule has 0 aromatic heterocycles. The fourth-order valence-electron chi connectivity index (χ4n) is 3.05. The Kier molecular flexibility index (Phi) is 6.01. The molecule has 0 bridgehead atoms. The first-order valence-corrected chi connectivity index (χ1v) is 9.77. The first-order chi connectivity index (χ1) is 9.97. The molecule has 0 aromatic rings. The van der Waals surface area contributed by atoms with Gasteiger partial charge in [-0.2, -0.15) is 0 Å². The zero-order valence-electron chi connectivity index (χ0n) is 13.0. The Labute approximate surface area is 128 Å². The van der Waals surface area contributed by atoms with Gasteiger partial charge in [0.05, 0.1) is 12.8 Å². The van der Waals surface area contributed by atoms with Gasteiger partial charge in [0, 0.05) is 32.7 Å². The van der Waals surface area contributed by atoms with Crippen LogP contribution in [0.25, 0.3) is 0 Å². The Morgan fingerprint density at radius 2 is 1.52 bits per heavy atom. The summed E-state index contributed by atoms with van der Waals surface area (Å²) in [5.74, 6) is 0.199. The van der Waals surface area contributed by atoms with E-state index in [-0.39, 0.29) is 5.91 Å². The fraction of sp³-hybridized carbons (Fsp3) is 0.929. The molecule has 2 rings (SSSR count). The van der Waals surface area contributed by atoms with Crippen LogP contribution in [0.4, 0.5) is 0 Å². The standard InChI is InChI=1S/C14H27N3O3S/c1-21(19,20)17-10-6-7-15(11-12-17)13-14(18)16-8-4-2-3-5-9-16/h2-13H2,1H3. The number of likely N-dealkylation sites (tertiary alicyclic amines) is 1. The van der Waals surface area contributed by atoms with Crippen molar-refractivity contribution in [3.63, 3.8) is 0 Å². The van der Waals surface area contributed by atoms with Gasteiger partial charge in [-0.1, -0.05) is 12.8 Å². The van der Waals surface area contributed by atoms with E-state index in [0.29, 0.717) is 26.2 Å². The van der Waals surface area contributed by atoms with E-state index in [9.17, 15) is 13.2 Å². The molecule has 2 saturated heterocycles. The van der Waals surface area contributed by atoms with Crippen molar-refractivity contribution >= 4 is 15.9 Å². The Balaban J connectivity index is 1.84. The summed E-state index contributed by atoms with van der Waals surface area (Å²) in [6, 6.07) is 0. The normalized spacial score (nSPS) is 23.6. The summed E-state index contributed by atoms with van der Waals surface area (Å²) in [6.07, 6.45) is 6.69. The fourth-order valence-corrected chi connectivity index (χ4v) is 3.92. The molecule has 0 saturated carbocycles. The minimum absolute atomic E-state index is 0.199. The number of hydrogen-bond acceptors (Lipinski definition) is 4. The molecule has 0 aliphatic carbocycles. The summed E-state index contributed by atoms with van der Waals surface area (Å²) < 4.78 is 24.7. The van der Waals surface area contributed by atoms with Crippen molar-refractivity contribution in [2.75, 3.05) is 52.1 Å². The monoisotopic (exact) mass is 317 g/mol. The molecule has 0 spiro atoms. The van der Waals surface area contributed by atoms with Gasteiger partial charge >= 0.3 is 0 Å². The topological polar surface area (TPSA) is 60.9 Å². The van der Waals surface area contributed by atoms with Crippen LogP contribution in [0.15, 0.2) is 0 Å². The van der Waals surface area contributed by atoms with E-state index < -0.39 is 10.0 Å². The van der Waals surface area contributed by atoms with Crippen molar-refractivity contribution in [3.8, 4) is 0 Å². The molecule has 2 aliphatic rings. The van der Waals surface area contributed by atoms with Crippen LogP contribution in [-0.4, -0.2) is 80.5 Å². The molecule has 0 N–H and O–H groups in total. The van der Waals surface area contributed by atoms with Crippen LogP contribution in [0.1, 0.15) is 32.1 Å². The van der Waals surface area contributed by atoms with Crippen LogP contribution >= 0.6 is 0 Å². The van der Waals surface area contributed by atoms with Gasteiger partial charge in [-0.25, -0.2) is 12.7 Å². The molecule has 7 heteroatoms. The summed E-state index contributed by atoms with van der Waals surface area (Å²) in [5.41, 5.74) is 0. The summed E-state index contributed by atoms with van der Waals surface area (Å²) in [5, 5.41) is 0. The maximum atomic E-state index is 12.4. The van der Waals surface area contributed by atoms with Crippen LogP contribution in [0.3, 0.4) is 0 Å². The highest BCUT2D eigenvalue weighted by molar-refractivity contribution is 7.88. The van der Waals surface area contributed by atoms with Gasteiger partial charge in [-0.3, -0.25) is 9.69 Å². The van der Waals surface area contributed by atoms with Crippen LogP contribution in [-0.2, 0) is 14.8 Å². The van der Waals surface area contributed by atoms with Gasteiger partial charge in [0.1, 0.15) is 0 Å². The number of hydrogen-bond donors (Lipinski definition) is 0. The molecular formula is C14H27N3O3S. The molecule has 0 unspecified atom stereocenters. The van der Waals surface area contributed by atoms with Gasteiger partial charge in [0.2, 0.25) is 15.9 Å². The Hall–Kier alpha value is -0.660. The lowest BCUT2D eigenvalue weighted by Crippen LogP contribution is -2.42. The number of carbonyl (C=O) groups excluding carboxylic acids is 1. The van der Waals surface area contributed by atoms with Crippen LogP contribution in [0.2, 0.25) is 0 Å². The van der Waals surface area contributed by atoms with Crippen molar-refractivity contribution in [3.05, 3.63) is 0 Å². The third-order valence-electron chi connectivity index (χ3n) is 4.33. The largest absolute Gasteiger partial charge is 0.342 e. The molecule has 0 radical (unpaired) electrons. The molecule has 6 nitrogen and oxygen atoms in total. The third kappa shape index (κ3) is 5.23. The average Bonchev–Trinajstić information content (AvgIpc) is 2.79. The van der Waals surface area contributed by atoms with Crippen molar-refractivity contribution in [2.45, 2.75) is 32.1 Å². The van der Waals surface area contributed by atoms with Crippen molar-refractivity contribution in [1.82, 2.24) is 14.1 Å². The van der Waals surface area contributed by atoms with Gasteiger partial charge in [0.25, 0.3) is 0 Å². The number of rotatable bonds is 3. The van der Waals surface area contributed by atoms with Gasteiger partial charge in [-0.15, -0.1) is 0 Å². The maximum Gasteiger partial charge on any atom is 0.236 e. The predicted octanol–water partition coefficient (Wildman–Crippen LogP) is 0.356. The Morgan fingerprint density at radius 1 is 0.857 bits per heavy atom. The second-order valence-corrected chi connectivity index (χ2v) is 8.07. The highest BCUT2D eigenvalue weighted by Gasteiger charge is 2.24. The minimum Gasteiger partial charge on any atom is -0.342 e. The molecule has 1 amide bonds. The molecule has 2 heterocycles. The Morgan fingerprint density at radius 3 is 2.14 bits per heavy atom. The van der Waals surface area contributed by atoms with Crippen LogP contribution < -0.4 is 0 Å². The summed E-state index contributed by atoms with van der Waals surface area (Å²) in [6.45, 7) is 4.68. The minimum atomic E-state index is -3.12. The zero-order chi connectivity index (χ0) is 15.3. The highest BCUT2D eigenvalue weighted by atomic mass is 32.2. The second kappa shape index (κ2) is 7.56.